The summed E-state index contributed by atoms with van der Waals surface area (Å²) < 4.78 is 14.5. The first-order valence-electron chi connectivity index (χ1n) is 10.6. The van der Waals surface area contributed by atoms with Crippen LogP contribution in [0.5, 0.6) is 5.75 Å². The van der Waals surface area contributed by atoms with Crippen LogP contribution in [0.25, 0.3) is 21.7 Å². The number of benzene rings is 4. The van der Waals surface area contributed by atoms with Crippen LogP contribution in [-0.2, 0) is 6.61 Å². The fourth-order valence-electron chi connectivity index (χ4n) is 3.64. The van der Waals surface area contributed by atoms with Crippen molar-refractivity contribution >= 4 is 88.3 Å². The second-order valence-electron chi connectivity index (χ2n) is 7.77. The maximum Gasteiger partial charge on any atom is 0.307 e. The van der Waals surface area contributed by atoms with Crippen molar-refractivity contribution in [1.29, 1.82) is 0 Å². The zero-order valence-corrected chi connectivity index (χ0v) is 23.4. The molecular weight excluding hydrogens is 687 g/mol. The Hall–Kier alpha value is -2.69. The Morgan fingerprint density at radius 1 is 0.943 bits per heavy atom. The number of nitrogens with one attached hydrogen (secondary N) is 1. The van der Waals surface area contributed by atoms with Crippen molar-refractivity contribution in [3.8, 4) is 5.75 Å². The zero-order chi connectivity index (χ0) is 24.4. The quantitative estimate of drug-likeness (QED) is 0.111. The summed E-state index contributed by atoms with van der Waals surface area (Å²) in [5, 5.41) is 7.33. The molecule has 0 radical (unpaired) electrons. The van der Waals surface area contributed by atoms with Gasteiger partial charge in [-0.25, -0.2) is 5.43 Å². The highest BCUT2D eigenvalue weighted by molar-refractivity contribution is 14.1. The van der Waals surface area contributed by atoms with Crippen LogP contribution in [-0.4, -0.2) is 12.1 Å². The van der Waals surface area contributed by atoms with Crippen molar-refractivity contribution in [2.45, 2.75) is 6.61 Å². The Balaban J connectivity index is 1.30. The van der Waals surface area contributed by atoms with Gasteiger partial charge in [0.15, 0.2) is 5.76 Å². The van der Waals surface area contributed by atoms with Crippen molar-refractivity contribution in [3.63, 3.8) is 0 Å². The summed E-state index contributed by atoms with van der Waals surface area (Å²) in [4.78, 5) is 12.6. The number of carbonyl (C=O) groups excluding carboxylic acids is 1. The number of amides is 1. The molecule has 1 heterocycles. The predicted octanol–water partition coefficient (Wildman–Crippen LogP) is 8.06. The standard InChI is InChI=1S/C27H17Br2IN2O3/c28-21-7-8-24(34-15-16-5-6-17-3-1-2-4-18(17)9-16)20(11-21)14-31-32-27(33)25-12-19-10-22(29)13-23(30)26(19)35-25/h1-14H,15H2,(H,32,33)/b31-14-. The van der Waals surface area contributed by atoms with E-state index in [1.165, 1.54) is 10.8 Å². The molecule has 0 aliphatic carbocycles. The van der Waals surface area contributed by atoms with Crippen LogP contribution in [0.3, 0.4) is 0 Å². The Morgan fingerprint density at radius 2 is 1.77 bits per heavy atom. The number of rotatable bonds is 6. The van der Waals surface area contributed by atoms with Gasteiger partial charge in [0.2, 0.25) is 0 Å². The van der Waals surface area contributed by atoms with E-state index in [1.54, 1.807) is 12.3 Å². The molecule has 5 nitrogen and oxygen atoms in total. The zero-order valence-electron chi connectivity index (χ0n) is 18.1. The molecule has 0 fully saturated rings. The van der Waals surface area contributed by atoms with Crippen molar-refractivity contribution in [2.24, 2.45) is 5.10 Å². The fraction of sp³-hybridized carbons (Fsp3) is 0.0370. The molecule has 5 rings (SSSR count). The third-order valence-electron chi connectivity index (χ3n) is 5.31. The van der Waals surface area contributed by atoms with Crippen LogP contribution in [0.4, 0.5) is 0 Å². The normalized spacial score (nSPS) is 11.4. The smallest absolute Gasteiger partial charge is 0.307 e. The van der Waals surface area contributed by atoms with Gasteiger partial charge in [-0.1, -0.05) is 68.3 Å². The van der Waals surface area contributed by atoms with E-state index in [9.17, 15) is 4.79 Å². The molecular formula is C27H17Br2IN2O3. The first kappa shape index (κ1) is 24.0. The molecule has 5 aromatic rings. The predicted molar refractivity (Wildman–Crippen MR) is 154 cm³/mol. The van der Waals surface area contributed by atoms with Crippen LogP contribution < -0.4 is 10.2 Å². The third kappa shape index (κ3) is 5.60. The second-order valence-corrected chi connectivity index (χ2v) is 10.8. The number of furan rings is 1. The molecule has 0 aliphatic rings. The molecule has 0 aliphatic heterocycles. The lowest BCUT2D eigenvalue weighted by molar-refractivity contribution is 0.0929. The van der Waals surface area contributed by atoms with Gasteiger partial charge < -0.3 is 9.15 Å². The average molecular weight is 704 g/mol. The molecule has 0 bridgehead atoms. The highest BCUT2D eigenvalue weighted by Gasteiger charge is 2.14. The molecule has 1 N–H and O–H groups in total. The summed E-state index contributed by atoms with van der Waals surface area (Å²) in [6.07, 6.45) is 1.56. The number of nitrogens with zero attached hydrogens (tertiary/aromatic N) is 1. The molecule has 35 heavy (non-hydrogen) atoms. The molecule has 174 valence electrons. The number of halogens is 3. The summed E-state index contributed by atoms with van der Waals surface area (Å²) in [7, 11) is 0. The molecule has 8 heteroatoms. The first-order chi connectivity index (χ1) is 17.0. The Bertz CT molecular complexity index is 1600. The third-order valence-corrected chi connectivity index (χ3v) is 7.06. The topological polar surface area (TPSA) is 63.8 Å². The van der Waals surface area contributed by atoms with Crippen molar-refractivity contribution in [2.75, 3.05) is 0 Å². The van der Waals surface area contributed by atoms with Gasteiger partial charge >= 0.3 is 5.91 Å². The summed E-state index contributed by atoms with van der Waals surface area (Å²) in [6.45, 7) is 0.410. The number of fused-ring (bicyclic) bond motifs is 2. The van der Waals surface area contributed by atoms with E-state index >= 15 is 0 Å². The lowest BCUT2D eigenvalue weighted by Crippen LogP contribution is -2.16. The maximum atomic E-state index is 12.6. The number of hydrogen-bond acceptors (Lipinski definition) is 4. The summed E-state index contributed by atoms with van der Waals surface area (Å²) in [5.74, 6) is 0.413. The molecule has 0 saturated heterocycles. The van der Waals surface area contributed by atoms with E-state index in [4.69, 9.17) is 9.15 Å². The highest BCUT2D eigenvalue weighted by atomic mass is 127. The van der Waals surface area contributed by atoms with E-state index in [-0.39, 0.29) is 5.76 Å². The van der Waals surface area contributed by atoms with Crippen LogP contribution in [0.2, 0.25) is 0 Å². The molecule has 4 aromatic carbocycles. The second kappa shape index (κ2) is 10.5. The van der Waals surface area contributed by atoms with Gasteiger partial charge in [0.05, 0.1) is 9.78 Å². The first-order valence-corrected chi connectivity index (χ1v) is 13.2. The average Bonchev–Trinajstić information content (AvgIpc) is 3.28. The molecule has 1 aromatic heterocycles. The van der Waals surface area contributed by atoms with Gasteiger partial charge in [-0.2, -0.15) is 5.10 Å². The molecule has 0 saturated carbocycles. The van der Waals surface area contributed by atoms with Crippen LogP contribution in [0.1, 0.15) is 21.7 Å². The molecule has 1 amide bonds. The van der Waals surface area contributed by atoms with Gasteiger partial charge in [-0.05, 0) is 81.4 Å². The van der Waals surface area contributed by atoms with Gasteiger partial charge in [0.25, 0.3) is 0 Å². The molecule has 0 unspecified atom stereocenters. The molecule has 0 atom stereocenters. The Labute approximate surface area is 231 Å². The van der Waals surface area contributed by atoms with Gasteiger partial charge in [0.1, 0.15) is 17.9 Å². The fourth-order valence-corrected chi connectivity index (χ4v) is 5.68. The minimum absolute atomic E-state index is 0.190. The summed E-state index contributed by atoms with van der Waals surface area (Å²) >= 11 is 9.12. The SMILES string of the molecule is O=C(N/N=C\c1cc(Br)ccc1OCc1ccc2ccccc2c1)c1cc2cc(Br)cc(I)c2o1. The number of carbonyl (C=O) groups is 1. The number of ether oxygens (including phenoxy) is 1. The van der Waals surface area contributed by atoms with E-state index in [0.29, 0.717) is 17.9 Å². The molecule has 0 spiro atoms. The monoisotopic (exact) mass is 702 g/mol. The summed E-state index contributed by atoms with van der Waals surface area (Å²) in [6, 6.07) is 25.7. The van der Waals surface area contributed by atoms with E-state index in [1.807, 2.05) is 42.5 Å². The van der Waals surface area contributed by atoms with Crippen molar-refractivity contribution in [3.05, 3.63) is 108 Å². The maximum absolute atomic E-state index is 12.6. The highest BCUT2D eigenvalue weighted by Crippen LogP contribution is 2.28. The largest absolute Gasteiger partial charge is 0.488 e. The van der Waals surface area contributed by atoms with Gasteiger partial charge in [0, 0.05) is 19.9 Å². The minimum Gasteiger partial charge on any atom is -0.488 e. The lowest BCUT2D eigenvalue weighted by Gasteiger charge is -2.10. The Kier molecular flexibility index (Phi) is 7.22. The van der Waals surface area contributed by atoms with Crippen LogP contribution in [0, 0.1) is 3.57 Å². The van der Waals surface area contributed by atoms with Gasteiger partial charge in [-0.15, -0.1) is 0 Å². The van der Waals surface area contributed by atoms with Crippen LogP contribution in [0.15, 0.2) is 97.3 Å². The van der Waals surface area contributed by atoms with Crippen LogP contribution >= 0.6 is 54.5 Å². The summed E-state index contributed by atoms with van der Waals surface area (Å²) in [5.41, 5.74) is 4.99. The van der Waals surface area contributed by atoms with E-state index in [0.717, 1.165) is 29.0 Å². The van der Waals surface area contributed by atoms with E-state index < -0.39 is 5.91 Å². The van der Waals surface area contributed by atoms with E-state index in [2.05, 4.69) is 95.3 Å². The Morgan fingerprint density at radius 3 is 2.63 bits per heavy atom. The van der Waals surface area contributed by atoms with Crippen molar-refractivity contribution in [1.82, 2.24) is 5.43 Å². The lowest BCUT2D eigenvalue weighted by atomic mass is 10.1. The minimum atomic E-state index is -0.432. The number of hydrogen-bond donors (Lipinski definition) is 1. The van der Waals surface area contributed by atoms with Gasteiger partial charge in [-0.3, -0.25) is 4.79 Å². The number of hydrazone groups is 1. The van der Waals surface area contributed by atoms with Crippen molar-refractivity contribution < 1.29 is 13.9 Å².